The van der Waals surface area contributed by atoms with Crippen molar-refractivity contribution >= 4 is 11.8 Å². The summed E-state index contributed by atoms with van der Waals surface area (Å²) < 4.78 is 1.76. The van der Waals surface area contributed by atoms with Gasteiger partial charge in [-0.15, -0.1) is 0 Å². The molecule has 2 rings (SSSR count). The van der Waals surface area contributed by atoms with E-state index in [0.717, 1.165) is 30.5 Å². The number of anilines is 1. The minimum Gasteiger partial charge on any atom is -0.478 e. The third-order valence-corrected chi connectivity index (χ3v) is 3.11. The van der Waals surface area contributed by atoms with Crippen LogP contribution in [0.15, 0.2) is 24.5 Å². The highest BCUT2D eigenvalue weighted by molar-refractivity contribution is 5.88. The summed E-state index contributed by atoms with van der Waals surface area (Å²) in [7, 11) is 1.88. The van der Waals surface area contributed by atoms with Crippen molar-refractivity contribution in [1.82, 2.24) is 14.8 Å². The first-order valence-corrected chi connectivity index (χ1v) is 7.04. The first-order chi connectivity index (χ1) is 10.1. The molecule has 0 aliphatic carbocycles. The summed E-state index contributed by atoms with van der Waals surface area (Å²) in [4.78, 5) is 15.6. The van der Waals surface area contributed by atoms with Crippen molar-refractivity contribution in [3.63, 3.8) is 0 Å². The number of rotatable bonds is 7. The van der Waals surface area contributed by atoms with Crippen LogP contribution in [-0.2, 0) is 19.9 Å². The highest BCUT2D eigenvalue weighted by atomic mass is 16.4. The fraction of sp³-hybridized carbons (Fsp3) is 0.400. The van der Waals surface area contributed by atoms with Crippen LogP contribution in [0, 0.1) is 0 Å². The Labute approximate surface area is 123 Å². The molecule has 21 heavy (non-hydrogen) atoms. The number of aromatic carboxylic acids is 1. The van der Waals surface area contributed by atoms with Gasteiger partial charge in [0.15, 0.2) is 0 Å². The van der Waals surface area contributed by atoms with E-state index in [1.807, 2.05) is 26.4 Å². The van der Waals surface area contributed by atoms with E-state index in [-0.39, 0.29) is 5.56 Å². The van der Waals surface area contributed by atoms with Crippen LogP contribution in [0.1, 0.15) is 35.0 Å². The van der Waals surface area contributed by atoms with Gasteiger partial charge in [-0.05, 0) is 30.5 Å². The van der Waals surface area contributed by atoms with Crippen molar-refractivity contribution in [2.45, 2.75) is 26.2 Å². The lowest BCUT2D eigenvalue weighted by Gasteiger charge is -2.08. The number of carbonyl (C=O) groups is 1. The van der Waals surface area contributed by atoms with E-state index in [2.05, 4.69) is 15.4 Å². The maximum Gasteiger partial charge on any atom is 0.335 e. The predicted molar refractivity (Wildman–Crippen MR) is 80.6 cm³/mol. The van der Waals surface area contributed by atoms with Gasteiger partial charge < -0.3 is 10.4 Å². The second-order valence-electron chi connectivity index (χ2n) is 4.99. The molecule has 0 fully saturated rings. The number of carboxylic acids is 1. The molecule has 0 saturated carbocycles. The van der Waals surface area contributed by atoms with E-state index in [1.165, 1.54) is 0 Å². The van der Waals surface area contributed by atoms with E-state index in [4.69, 9.17) is 5.11 Å². The maximum atomic E-state index is 11.1. The van der Waals surface area contributed by atoms with Crippen molar-refractivity contribution in [3.05, 3.63) is 41.3 Å². The smallest absolute Gasteiger partial charge is 0.335 e. The SMILES string of the molecule is CCCc1cc(C(=O)O)cc(NCCc2cnn(C)c2)n1. The Morgan fingerprint density at radius 1 is 1.38 bits per heavy atom. The molecule has 112 valence electrons. The summed E-state index contributed by atoms with van der Waals surface area (Å²) in [6.45, 7) is 2.73. The summed E-state index contributed by atoms with van der Waals surface area (Å²) in [6, 6.07) is 3.21. The summed E-state index contributed by atoms with van der Waals surface area (Å²) in [5.41, 5.74) is 2.21. The summed E-state index contributed by atoms with van der Waals surface area (Å²) in [6.07, 6.45) is 6.32. The van der Waals surface area contributed by atoms with Crippen molar-refractivity contribution < 1.29 is 9.90 Å². The molecule has 0 atom stereocenters. The molecule has 2 N–H and O–H groups in total. The standard InChI is InChI=1S/C15H20N4O2/c1-3-4-13-7-12(15(20)21)8-14(18-13)16-6-5-11-9-17-19(2)10-11/h7-10H,3-6H2,1-2H3,(H,16,18)(H,20,21). The minimum atomic E-state index is -0.926. The fourth-order valence-corrected chi connectivity index (χ4v) is 2.12. The summed E-state index contributed by atoms with van der Waals surface area (Å²) in [5.74, 6) is -0.313. The van der Waals surface area contributed by atoms with Crippen LogP contribution in [-0.4, -0.2) is 32.4 Å². The van der Waals surface area contributed by atoms with Crippen molar-refractivity contribution in [1.29, 1.82) is 0 Å². The third kappa shape index (κ3) is 4.30. The van der Waals surface area contributed by atoms with Gasteiger partial charge in [0.05, 0.1) is 11.8 Å². The Morgan fingerprint density at radius 3 is 2.81 bits per heavy atom. The van der Waals surface area contributed by atoms with E-state index in [9.17, 15) is 4.79 Å². The average Bonchev–Trinajstić information content (AvgIpc) is 2.84. The number of nitrogens with one attached hydrogen (secondary N) is 1. The fourth-order valence-electron chi connectivity index (χ4n) is 2.12. The lowest BCUT2D eigenvalue weighted by Crippen LogP contribution is -2.09. The highest BCUT2D eigenvalue weighted by Crippen LogP contribution is 2.12. The van der Waals surface area contributed by atoms with E-state index in [0.29, 0.717) is 12.4 Å². The number of aryl methyl sites for hydroxylation is 2. The van der Waals surface area contributed by atoms with Gasteiger partial charge in [0.2, 0.25) is 0 Å². The molecule has 0 bridgehead atoms. The van der Waals surface area contributed by atoms with Crippen LogP contribution in [0.3, 0.4) is 0 Å². The van der Waals surface area contributed by atoms with Crippen LogP contribution < -0.4 is 5.32 Å². The van der Waals surface area contributed by atoms with Crippen molar-refractivity contribution in [2.75, 3.05) is 11.9 Å². The second kappa shape index (κ2) is 6.88. The minimum absolute atomic E-state index is 0.275. The zero-order valence-corrected chi connectivity index (χ0v) is 12.3. The monoisotopic (exact) mass is 288 g/mol. The number of hydrogen-bond donors (Lipinski definition) is 2. The van der Waals surface area contributed by atoms with Gasteiger partial charge in [-0.25, -0.2) is 9.78 Å². The van der Waals surface area contributed by atoms with Crippen LogP contribution in [0.5, 0.6) is 0 Å². The largest absolute Gasteiger partial charge is 0.478 e. The number of hydrogen-bond acceptors (Lipinski definition) is 4. The molecule has 0 spiro atoms. The number of pyridine rings is 1. The van der Waals surface area contributed by atoms with E-state index < -0.39 is 5.97 Å². The normalized spacial score (nSPS) is 10.6. The number of carboxylic acid groups (broad SMARTS) is 1. The third-order valence-electron chi connectivity index (χ3n) is 3.11. The lowest BCUT2D eigenvalue weighted by molar-refractivity contribution is 0.0696. The first-order valence-electron chi connectivity index (χ1n) is 7.04. The average molecular weight is 288 g/mol. The maximum absolute atomic E-state index is 11.1. The quantitative estimate of drug-likeness (QED) is 0.815. The molecule has 2 aromatic heterocycles. The van der Waals surface area contributed by atoms with Gasteiger partial charge in [-0.3, -0.25) is 4.68 Å². The van der Waals surface area contributed by atoms with Crippen LogP contribution in [0.25, 0.3) is 0 Å². The molecule has 2 heterocycles. The molecule has 2 aromatic rings. The molecule has 0 aliphatic rings. The van der Waals surface area contributed by atoms with Gasteiger partial charge >= 0.3 is 5.97 Å². The number of aromatic nitrogens is 3. The number of nitrogens with zero attached hydrogens (tertiary/aromatic N) is 3. The lowest BCUT2D eigenvalue weighted by atomic mass is 10.1. The Kier molecular flexibility index (Phi) is 4.92. The molecule has 0 saturated heterocycles. The van der Waals surface area contributed by atoms with Crippen LogP contribution in [0.4, 0.5) is 5.82 Å². The van der Waals surface area contributed by atoms with Gasteiger partial charge in [0.1, 0.15) is 5.82 Å². The molecule has 0 radical (unpaired) electrons. The Balaban J connectivity index is 2.02. The highest BCUT2D eigenvalue weighted by Gasteiger charge is 2.08. The topological polar surface area (TPSA) is 80.0 Å². The summed E-state index contributed by atoms with van der Waals surface area (Å²) >= 11 is 0. The van der Waals surface area contributed by atoms with Gasteiger partial charge in [-0.1, -0.05) is 13.3 Å². The van der Waals surface area contributed by atoms with E-state index in [1.54, 1.807) is 16.8 Å². The Bertz CT molecular complexity index is 622. The molecule has 0 amide bonds. The van der Waals surface area contributed by atoms with E-state index >= 15 is 0 Å². The summed E-state index contributed by atoms with van der Waals surface area (Å²) in [5, 5.41) is 16.4. The predicted octanol–water partition coefficient (Wildman–Crippen LogP) is 2.12. The molecule has 0 aliphatic heterocycles. The van der Waals surface area contributed by atoms with Crippen LogP contribution >= 0.6 is 0 Å². The van der Waals surface area contributed by atoms with Crippen molar-refractivity contribution in [2.24, 2.45) is 7.05 Å². The molecular weight excluding hydrogens is 268 g/mol. The molecule has 6 heteroatoms. The Hall–Kier alpha value is -2.37. The molecule has 0 unspecified atom stereocenters. The molecular formula is C15H20N4O2. The van der Waals surface area contributed by atoms with Crippen LogP contribution in [0.2, 0.25) is 0 Å². The Morgan fingerprint density at radius 2 is 2.19 bits per heavy atom. The molecule has 0 aromatic carbocycles. The van der Waals surface area contributed by atoms with Gasteiger partial charge in [0.25, 0.3) is 0 Å². The molecule has 6 nitrogen and oxygen atoms in total. The van der Waals surface area contributed by atoms with Gasteiger partial charge in [-0.2, -0.15) is 5.10 Å². The van der Waals surface area contributed by atoms with Gasteiger partial charge in [0, 0.05) is 25.5 Å². The zero-order chi connectivity index (χ0) is 15.2. The van der Waals surface area contributed by atoms with Crippen molar-refractivity contribution in [3.8, 4) is 0 Å². The second-order valence-corrected chi connectivity index (χ2v) is 4.99. The zero-order valence-electron chi connectivity index (χ0n) is 12.3. The first kappa shape index (κ1) is 15.0.